The number of hydrogen-bond acceptors (Lipinski definition) is 2. The fourth-order valence-electron chi connectivity index (χ4n) is 2.69. The molecule has 0 aromatic heterocycles. The molecule has 1 aromatic rings. The Labute approximate surface area is 112 Å². The maximum atomic E-state index is 12.2. The molecule has 0 bridgehead atoms. The Morgan fingerprint density at radius 3 is 2.28 bits per heavy atom. The molecular weight excluding hydrogens is 244 g/mol. The van der Waals surface area contributed by atoms with Crippen LogP contribution in [0.2, 0.25) is 0 Å². The normalized spacial score (nSPS) is 20.2. The Hall–Kier alpha value is -1.42. The van der Waals surface area contributed by atoms with Gasteiger partial charge in [-0.05, 0) is 36.8 Å². The summed E-state index contributed by atoms with van der Waals surface area (Å²) in [7, 11) is 0. The zero-order valence-corrected chi connectivity index (χ0v) is 10.9. The number of hydrogen-bond donors (Lipinski definition) is 2. The third-order valence-corrected chi connectivity index (χ3v) is 4.43. The summed E-state index contributed by atoms with van der Waals surface area (Å²) in [5.41, 5.74) is 7.80. The standard InChI is InChI=1S/C14H16N2OS/c15-12(18)14(5-6-14)13(17)16-11-7-9-3-1-2-4-10(9)8-11/h1-4,11H,5-8H2,(H2,15,18)(H,16,17). The van der Waals surface area contributed by atoms with Crippen molar-refractivity contribution >= 4 is 23.1 Å². The number of thiocarbonyl (C=S) groups is 1. The van der Waals surface area contributed by atoms with E-state index in [9.17, 15) is 4.79 Å². The van der Waals surface area contributed by atoms with Gasteiger partial charge in [0, 0.05) is 6.04 Å². The molecule has 2 aliphatic rings. The molecule has 94 valence electrons. The topological polar surface area (TPSA) is 55.1 Å². The van der Waals surface area contributed by atoms with Crippen molar-refractivity contribution in [1.82, 2.24) is 5.32 Å². The molecule has 0 saturated heterocycles. The van der Waals surface area contributed by atoms with E-state index in [4.69, 9.17) is 18.0 Å². The van der Waals surface area contributed by atoms with E-state index in [2.05, 4.69) is 17.4 Å². The van der Waals surface area contributed by atoms with E-state index in [1.165, 1.54) is 11.1 Å². The minimum absolute atomic E-state index is 0.0211. The third-order valence-electron chi connectivity index (χ3n) is 4.04. The summed E-state index contributed by atoms with van der Waals surface area (Å²) in [6, 6.07) is 8.53. The Balaban J connectivity index is 1.67. The first-order valence-corrected chi connectivity index (χ1v) is 6.70. The van der Waals surface area contributed by atoms with Crippen molar-refractivity contribution in [2.75, 3.05) is 0 Å². The van der Waals surface area contributed by atoms with Gasteiger partial charge >= 0.3 is 0 Å². The lowest BCUT2D eigenvalue weighted by Crippen LogP contribution is -2.44. The molecule has 0 radical (unpaired) electrons. The molecule has 3 N–H and O–H groups in total. The molecule has 18 heavy (non-hydrogen) atoms. The molecule has 3 rings (SSSR count). The van der Waals surface area contributed by atoms with Crippen LogP contribution in [-0.4, -0.2) is 16.9 Å². The molecule has 1 saturated carbocycles. The lowest BCUT2D eigenvalue weighted by Gasteiger charge is -2.17. The van der Waals surface area contributed by atoms with Crippen molar-refractivity contribution in [1.29, 1.82) is 0 Å². The van der Waals surface area contributed by atoms with Crippen LogP contribution in [0.3, 0.4) is 0 Å². The number of rotatable bonds is 3. The molecule has 1 aromatic carbocycles. The maximum Gasteiger partial charge on any atom is 0.233 e. The quantitative estimate of drug-likeness (QED) is 0.806. The monoisotopic (exact) mass is 260 g/mol. The Morgan fingerprint density at radius 1 is 1.28 bits per heavy atom. The number of benzene rings is 1. The number of nitrogens with one attached hydrogen (secondary N) is 1. The van der Waals surface area contributed by atoms with E-state index in [1.807, 2.05) is 12.1 Å². The summed E-state index contributed by atoms with van der Waals surface area (Å²) in [5, 5.41) is 3.10. The highest BCUT2D eigenvalue weighted by molar-refractivity contribution is 7.80. The van der Waals surface area contributed by atoms with Gasteiger partial charge in [0.05, 0.1) is 10.4 Å². The fourth-order valence-corrected chi connectivity index (χ4v) is 2.99. The summed E-state index contributed by atoms with van der Waals surface area (Å²) >= 11 is 5.00. The maximum absolute atomic E-state index is 12.2. The minimum Gasteiger partial charge on any atom is -0.392 e. The van der Waals surface area contributed by atoms with Gasteiger partial charge in [-0.15, -0.1) is 0 Å². The van der Waals surface area contributed by atoms with Gasteiger partial charge in [-0.3, -0.25) is 4.79 Å². The number of nitrogens with two attached hydrogens (primary N) is 1. The second kappa shape index (κ2) is 4.05. The summed E-state index contributed by atoms with van der Waals surface area (Å²) in [5.74, 6) is 0.0211. The van der Waals surface area contributed by atoms with Crippen LogP contribution in [0, 0.1) is 5.41 Å². The van der Waals surface area contributed by atoms with E-state index in [0.29, 0.717) is 4.99 Å². The zero-order valence-electron chi connectivity index (χ0n) is 10.1. The Kier molecular flexibility index (Phi) is 2.63. The molecule has 0 atom stereocenters. The minimum atomic E-state index is -0.538. The SMILES string of the molecule is NC(=S)C1(C(=O)NC2Cc3ccccc3C2)CC1. The number of carbonyl (C=O) groups excluding carboxylic acids is 1. The van der Waals surface area contributed by atoms with Crippen molar-refractivity contribution in [2.24, 2.45) is 11.1 Å². The van der Waals surface area contributed by atoms with Crippen LogP contribution in [0.15, 0.2) is 24.3 Å². The van der Waals surface area contributed by atoms with E-state index >= 15 is 0 Å². The highest BCUT2D eigenvalue weighted by atomic mass is 32.1. The molecule has 0 aliphatic heterocycles. The van der Waals surface area contributed by atoms with E-state index in [0.717, 1.165) is 25.7 Å². The van der Waals surface area contributed by atoms with Gasteiger partial charge in [-0.2, -0.15) is 0 Å². The van der Waals surface area contributed by atoms with Gasteiger partial charge in [0.25, 0.3) is 0 Å². The predicted octanol–water partition coefficient (Wildman–Crippen LogP) is 1.34. The van der Waals surface area contributed by atoms with Crippen LogP contribution in [0.5, 0.6) is 0 Å². The molecule has 3 nitrogen and oxygen atoms in total. The molecule has 1 amide bonds. The van der Waals surface area contributed by atoms with Gasteiger partial charge in [0.15, 0.2) is 0 Å². The van der Waals surface area contributed by atoms with E-state index in [1.54, 1.807) is 0 Å². The van der Waals surface area contributed by atoms with Crippen molar-refractivity contribution in [2.45, 2.75) is 31.7 Å². The lowest BCUT2D eigenvalue weighted by molar-refractivity contribution is -0.124. The summed E-state index contributed by atoms with van der Waals surface area (Å²) < 4.78 is 0. The number of amides is 1. The third kappa shape index (κ3) is 1.81. The zero-order chi connectivity index (χ0) is 12.8. The average Bonchev–Trinajstić information content (AvgIpc) is 3.05. The smallest absolute Gasteiger partial charge is 0.233 e. The Bertz CT molecular complexity index is 497. The number of fused-ring (bicyclic) bond motifs is 1. The van der Waals surface area contributed by atoms with Crippen molar-refractivity contribution < 1.29 is 4.79 Å². The largest absolute Gasteiger partial charge is 0.392 e. The number of carbonyl (C=O) groups is 1. The molecule has 0 heterocycles. The van der Waals surface area contributed by atoms with Gasteiger partial charge in [-0.1, -0.05) is 36.5 Å². The second-order valence-corrected chi connectivity index (χ2v) is 5.73. The van der Waals surface area contributed by atoms with Gasteiger partial charge in [-0.25, -0.2) is 0 Å². The van der Waals surface area contributed by atoms with Crippen LogP contribution < -0.4 is 11.1 Å². The van der Waals surface area contributed by atoms with Crippen LogP contribution in [0.1, 0.15) is 24.0 Å². The first-order chi connectivity index (χ1) is 8.62. The fraction of sp³-hybridized carbons (Fsp3) is 0.429. The molecule has 2 aliphatic carbocycles. The van der Waals surface area contributed by atoms with E-state index < -0.39 is 5.41 Å². The van der Waals surface area contributed by atoms with Gasteiger partial charge < -0.3 is 11.1 Å². The van der Waals surface area contributed by atoms with Gasteiger partial charge in [0.2, 0.25) is 5.91 Å². The van der Waals surface area contributed by atoms with E-state index in [-0.39, 0.29) is 11.9 Å². The van der Waals surface area contributed by atoms with Crippen LogP contribution >= 0.6 is 12.2 Å². The van der Waals surface area contributed by atoms with Crippen LogP contribution in [0.25, 0.3) is 0 Å². The first kappa shape index (κ1) is 11.7. The molecule has 4 heteroatoms. The predicted molar refractivity (Wildman–Crippen MR) is 74.2 cm³/mol. The first-order valence-electron chi connectivity index (χ1n) is 6.29. The molecule has 0 unspecified atom stereocenters. The van der Waals surface area contributed by atoms with Crippen molar-refractivity contribution in [3.63, 3.8) is 0 Å². The summed E-state index contributed by atoms with van der Waals surface area (Å²) in [4.78, 5) is 12.5. The average molecular weight is 260 g/mol. The lowest BCUT2D eigenvalue weighted by atomic mass is 10.1. The molecular formula is C14H16N2OS. The van der Waals surface area contributed by atoms with Crippen molar-refractivity contribution in [3.8, 4) is 0 Å². The highest BCUT2D eigenvalue weighted by Crippen LogP contribution is 2.46. The molecule has 1 fully saturated rings. The van der Waals surface area contributed by atoms with Gasteiger partial charge in [0.1, 0.15) is 0 Å². The highest BCUT2D eigenvalue weighted by Gasteiger charge is 2.53. The van der Waals surface area contributed by atoms with Crippen molar-refractivity contribution in [3.05, 3.63) is 35.4 Å². The summed E-state index contributed by atoms with van der Waals surface area (Å²) in [6.07, 6.45) is 3.42. The van der Waals surface area contributed by atoms with Crippen LogP contribution in [-0.2, 0) is 17.6 Å². The second-order valence-electron chi connectivity index (χ2n) is 5.29. The summed E-state index contributed by atoms with van der Waals surface area (Å²) in [6.45, 7) is 0. The Morgan fingerprint density at radius 2 is 1.83 bits per heavy atom. The van der Waals surface area contributed by atoms with Crippen LogP contribution in [0.4, 0.5) is 0 Å². The molecule has 0 spiro atoms.